The van der Waals surface area contributed by atoms with Crippen LogP contribution in [0.1, 0.15) is 62.0 Å². The number of nitrogens with zero attached hydrogens (tertiary/aromatic N) is 5. The van der Waals surface area contributed by atoms with Gasteiger partial charge < -0.3 is 26.0 Å². The molecule has 1 aliphatic heterocycles. The zero-order valence-corrected chi connectivity index (χ0v) is 23.2. The Kier molecular flexibility index (Phi) is 10.4. The average molecular weight is 531 g/mol. The number of fused-ring (bicyclic) bond motifs is 3. The number of phenolic OH excluding ortho intramolecular Hbond substituents is 1. The zero-order valence-electron chi connectivity index (χ0n) is 23.2. The number of benzene rings is 1. The van der Waals surface area contributed by atoms with Crippen LogP contribution in [0.2, 0.25) is 0 Å². The van der Waals surface area contributed by atoms with E-state index in [1.54, 1.807) is 12.3 Å². The van der Waals surface area contributed by atoms with Crippen LogP contribution in [0.5, 0.6) is 5.75 Å². The van der Waals surface area contributed by atoms with Gasteiger partial charge in [-0.15, -0.1) is 0 Å². The van der Waals surface area contributed by atoms with E-state index >= 15 is 0 Å². The second-order valence-electron chi connectivity index (χ2n) is 9.70. The maximum absolute atomic E-state index is 10.3. The zero-order chi connectivity index (χ0) is 28.5. The van der Waals surface area contributed by atoms with Crippen LogP contribution in [-0.4, -0.2) is 49.0 Å². The van der Waals surface area contributed by atoms with Crippen LogP contribution in [0, 0.1) is 0 Å². The van der Waals surface area contributed by atoms with Crippen molar-refractivity contribution in [3.8, 4) is 28.3 Å². The van der Waals surface area contributed by atoms with Crippen molar-refractivity contribution in [2.45, 2.75) is 52.7 Å². The number of phenols is 1. The van der Waals surface area contributed by atoms with Gasteiger partial charge in [0, 0.05) is 49.5 Å². The Morgan fingerprint density at radius 3 is 2.18 bits per heavy atom. The highest BCUT2D eigenvalue weighted by Gasteiger charge is 2.24. The summed E-state index contributed by atoms with van der Waals surface area (Å²) in [5, 5.41) is 26.9. The Morgan fingerprint density at radius 1 is 0.821 bits per heavy atom. The number of hydrogen-bond acceptors (Lipinski definition) is 9. The third-order valence-electron chi connectivity index (χ3n) is 6.30. The number of nitrogens with two attached hydrogens (primary N) is 1. The molecule has 0 amide bonds. The highest BCUT2D eigenvalue weighted by atomic mass is 16.3. The van der Waals surface area contributed by atoms with Crippen LogP contribution >= 0.6 is 0 Å². The molecule has 0 saturated heterocycles. The average Bonchev–Trinajstić information content (AvgIpc) is 2.93. The van der Waals surface area contributed by atoms with E-state index in [1.807, 2.05) is 44.4 Å². The van der Waals surface area contributed by atoms with E-state index in [2.05, 4.69) is 63.6 Å². The lowest BCUT2D eigenvalue weighted by Gasteiger charge is -2.31. The highest BCUT2D eigenvalue weighted by molar-refractivity contribution is 5.82. The SMILES string of the molecule is CC(C)c1cccc(-c2nccnc2CO)c1O.CC(C)c1nccc2c1N(C)Cc1cccnc1-2.NCO. The molecule has 0 fully saturated rings. The fourth-order valence-electron chi connectivity index (χ4n) is 4.55. The molecule has 0 aliphatic carbocycles. The predicted octanol–water partition coefficient (Wildman–Crippen LogP) is 4.58. The molecule has 0 saturated carbocycles. The number of pyridine rings is 2. The molecule has 0 unspecified atom stereocenters. The van der Waals surface area contributed by atoms with Gasteiger partial charge in [0.1, 0.15) is 5.75 Å². The number of aliphatic hydroxyl groups excluding tert-OH is 2. The molecule has 4 heterocycles. The third-order valence-corrected chi connectivity index (χ3v) is 6.30. The van der Waals surface area contributed by atoms with Crippen molar-refractivity contribution in [3.63, 3.8) is 0 Å². The van der Waals surface area contributed by atoms with Crippen LogP contribution in [-0.2, 0) is 13.2 Å². The molecule has 9 nitrogen and oxygen atoms in total. The van der Waals surface area contributed by atoms with Crippen molar-refractivity contribution >= 4 is 5.69 Å². The minimum absolute atomic E-state index is 0.200. The lowest BCUT2D eigenvalue weighted by Crippen LogP contribution is -2.24. The largest absolute Gasteiger partial charge is 0.507 e. The Bertz CT molecular complexity index is 1380. The molecule has 0 radical (unpaired) electrons. The monoisotopic (exact) mass is 530 g/mol. The minimum Gasteiger partial charge on any atom is -0.507 e. The van der Waals surface area contributed by atoms with E-state index in [4.69, 9.17) is 5.11 Å². The van der Waals surface area contributed by atoms with E-state index in [0.717, 1.165) is 23.5 Å². The van der Waals surface area contributed by atoms with Crippen LogP contribution in [0.25, 0.3) is 22.5 Å². The summed E-state index contributed by atoms with van der Waals surface area (Å²) in [5.41, 5.74) is 12.9. The number of anilines is 1. The Balaban J connectivity index is 0.000000196. The molecule has 5 N–H and O–H groups in total. The van der Waals surface area contributed by atoms with Gasteiger partial charge in [-0.1, -0.05) is 45.9 Å². The molecular weight excluding hydrogens is 492 g/mol. The summed E-state index contributed by atoms with van der Waals surface area (Å²) in [7, 11) is 2.13. The van der Waals surface area contributed by atoms with Gasteiger partial charge in [0.05, 0.1) is 41.8 Å². The molecule has 206 valence electrons. The molecule has 1 aliphatic rings. The first-order chi connectivity index (χ1) is 18.7. The molecule has 1 aromatic carbocycles. The van der Waals surface area contributed by atoms with Gasteiger partial charge in [-0.05, 0) is 41.2 Å². The molecule has 0 bridgehead atoms. The molecule has 3 aromatic heterocycles. The molecule has 0 spiro atoms. The summed E-state index contributed by atoms with van der Waals surface area (Å²) in [6, 6.07) is 11.8. The van der Waals surface area contributed by atoms with E-state index in [9.17, 15) is 10.2 Å². The lowest BCUT2D eigenvalue weighted by atomic mass is 9.95. The first kappa shape index (κ1) is 29.6. The number of aliphatic hydroxyl groups is 2. The summed E-state index contributed by atoms with van der Waals surface area (Å²) in [6.07, 6.45) is 6.84. The number of aromatic nitrogens is 4. The minimum atomic E-state index is -0.250. The lowest BCUT2D eigenvalue weighted by molar-refractivity contribution is 0.277. The number of rotatable bonds is 4. The van der Waals surface area contributed by atoms with Crippen molar-refractivity contribution in [2.75, 3.05) is 18.7 Å². The van der Waals surface area contributed by atoms with Gasteiger partial charge in [-0.25, -0.2) is 0 Å². The topological polar surface area (TPSA) is 142 Å². The first-order valence-corrected chi connectivity index (χ1v) is 12.9. The number of hydrogen-bond donors (Lipinski definition) is 4. The van der Waals surface area contributed by atoms with Gasteiger partial charge in [0.15, 0.2) is 0 Å². The van der Waals surface area contributed by atoms with E-state index in [1.165, 1.54) is 23.0 Å². The Morgan fingerprint density at radius 2 is 1.51 bits per heavy atom. The number of para-hydroxylation sites is 1. The second-order valence-corrected chi connectivity index (χ2v) is 9.70. The van der Waals surface area contributed by atoms with Gasteiger partial charge >= 0.3 is 0 Å². The van der Waals surface area contributed by atoms with Crippen LogP contribution in [0.3, 0.4) is 0 Å². The molecule has 9 heteroatoms. The van der Waals surface area contributed by atoms with Gasteiger partial charge in [0.25, 0.3) is 0 Å². The van der Waals surface area contributed by atoms with Crippen molar-refractivity contribution in [3.05, 3.63) is 83.7 Å². The van der Waals surface area contributed by atoms with Crippen LogP contribution in [0.4, 0.5) is 5.69 Å². The fraction of sp³-hybridized carbons (Fsp3) is 0.333. The fourth-order valence-corrected chi connectivity index (χ4v) is 4.55. The van der Waals surface area contributed by atoms with Gasteiger partial charge in [-0.2, -0.15) is 0 Å². The summed E-state index contributed by atoms with van der Waals surface area (Å²) >= 11 is 0. The molecule has 39 heavy (non-hydrogen) atoms. The van der Waals surface area contributed by atoms with Crippen LogP contribution in [0.15, 0.2) is 61.2 Å². The second kappa shape index (κ2) is 13.7. The van der Waals surface area contributed by atoms with Crippen molar-refractivity contribution in [1.82, 2.24) is 19.9 Å². The van der Waals surface area contributed by atoms with Gasteiger partial charge in [-0.3, -0.25) is 19.9 Å². The van der Waals surface area contributed by atoms with Crippen molar-refractivity contribution in [2.24, 2.45) is 5.73 Å². The Hall–Kier alpha value is -3.92. The maximum Gasteiger partial charge on any atom is 0.128 e. The molecular formula is C30H38N6O3. The summed E-state index contributed by atoms with van der Waals surface area (Å²) in [6.45, 7) is 8.86. The third kappa shape index (κ3) is 6.75. The standard InChI is InChI=1S/C15H17N3.C14H16N2O2.CH5NO/c1-10(2)13-15-12(6-8-17-13)14-11(9-18(15)3)5-4-7-16-14;1-9(2)10-4-3-5-11(14(10)18)13-12(8-17)15-6-7-16-13;2-1-3/h4-8,10H,9H2,1-3H3;3-7,9,17-18H,8H2,1-2H3;3H,1-2H2. The van der Waals surface area contributed by atoms with Crippen molar-refractivity contribution < 1.29 is 15.3 Å². The summed E-state index contributed by atoms with van der Waals surface area (Å²) < 4.78 is 0. The quantitative estimate of drug-likeness (QED) is 0.279. The van der Waals surface area contributed by atoms with E-state index < -0.39 is 0 Å². The molecule has 4 aromatic rings. The normalized spacial score (nSPS) is 11.7. The summed E-state index contributed by atoms with van der Waals surface area (Å²) in [5.74, 6) is 0.856. The highest BCUT2D eigenvalue weighted by Crippen LogP contribution is 2.40. The molecule has 5 rings (SSSR count). The molecule has 0 atom stereocenters. The first-order valence-electron chi connectivity index (χ1n) is 12.9. The smallest absolute Gasteiger partial charge is 0.128 e. The van der Waals surface area contributed by atoms with Crippen molar-refractivity contribution in [1.29, 1.82) is 0 Å². The summed E-state index contributed by atoms with van der Waals surface area (Å²) in [4.78, 5) is 19.6. The van der Waals surface area contributed by atoms with Crippen LogP contribution < -0.4 is 10.6 Å². The Labute approximate surface area is 230 Å². The predicted molar refractivity (Wildman–Crippen MR) is 154 cm³/mol. The number of aromatic hydroxyl groups is 1. The van der Waals surface area contributed by atoms with Gasteiger partial charge in [0.2, 0.25) is 0 Å². The maximum atomic E-state index is 10.3. The van der Waals surface area contributed by atoms with E-state index in [-0.39, 0.29) is 25.0 Å². The van der Waals surface area contributed by atoms with E-state index in [0.29, 0.717) is 22.9 Å².